The molecule has 0 aliphatic carbocycles. The highest BCUT2D eigenvalue weighted by atomic mass is 16.2. The molecule has 0 aromatic rings. The van der Waals surface area contributed by atoms with Crippen LogP contribution in [-0.4, -0.2) is 11.7 Å². The van der Waals surface area contributed by atoms with Gasteiger partial charge in [0.1, 0.15) is 0 Å². The summed E-state index contributed by atoms with van der Waals surface area (Å²) in [5.74, 6) is 0. The Bertz CT molecular complexity index is 55.1. The van der Waals surface area contributed by atoms with Gasteiger partial charge >= 0.3 is 1.43 Å². The van der Waals surface area contributed by atoms with Crippen molar-refractivity contribution in [2.24, 2.45) is 0 Å². The van der Waals surface area contributed by atoms with Crippen LogP contribution in [0.1, 0.15) is 15.3 Å². The third kappa shape index (κ3) is 3.70. The van der Waals surface area contributed by atoms with Crippen LogP contribution < -0.4 is 0 Å². The van der Waals surface area contributed by atoms with Crippen molar-refractivity contribution >= 4 is 0 Å². The van der Waals surface area contributed by atoms with Crippen molar-refractivity contribution in [2.75, 3.05) is 6.61 Å². The SMILES string of the molecule is CC(C)=CCO.[H+]. The molecule has 0 aromatic heterocycles. The van der Waals surface area contributed by atoms with Gasteiger partial charge in [-0.25, -0.2) is 0 Å². The maximum absolute atomic E-state index is 8.16. The molecule has 0 aliphatic rings. The minimum absolute atomic E-state index is 0. The lowest BCUT2D eigenvalue weighted by atomic mass is 10.3. The van der Waals surface area contributed by atoms with E-state index >= 15 is 0 Å². The van der Waals surface area contributed by atoms with E-state index in [2.05, 4.69) is 0 Å². The Labute approximate surface area is 39.8 Å². The first-order valence-corrected chi connectivity index (χ1v) is 2.01. The summed E-state index contributed by atoms with van der Waals surface area (Å²) in [7, 11) is 0. The van der Waals surface area contributed by atoms with E-state index in [0.717, 1.165) is 5.57 Å². The summed E-state index contributed by atoms with van der Waals surface area (Å²) < 4.78 is 0. The highest BCUT2D eigenvalue weighted by molar-refractivity contribution is 4.91. The number of allylic oxidation sites excluding steroid dienone is 1. The Kier molecular flexibility index (Phi) is 2.77. The van der Waals surface area contributed by atoms with Gasteiger partial charge in [-0.05, 0) is 13.8 Å². The molecule has 0 atom stereocenters. The molecule has 0 unspecified atom stereocenters. The van der Waals surface area contributed by atoms with E-state index in [1.807, 2.05) is 13.8 Å². The number of hydrogen-bond donors (Lipinski definition) is 1. The van der Waals surface area contributed by atoms with Gasteiger partial charge in [0.25, 0.3) is 0 Å². The Morgan fingerprint density at radius 2 is 2.33 bits per heavy atom. The topological polar surface area (TPSA) is 20.2 Å². The van der Waals surface area contributed by atoms with Gasteiger partial charge in [-0.15, -0.1) is 0 Å². The predicted octanol–water partition coefficient (Wildman–Crippen LogP) is 1.06. The number of aliphatic hydroxyl groups is 1. The van der Waals surface area contributed by atoms with Crippen LogP contribution in [0.15, 0.2) is 11.6 Å². The van der Waals surface area contributed by atoms with Crippen LogP contribution >= 0.6 is 0 Å². The fourth-order valence-corrected chi connectivity index (χ4v) is 0.183. The normalized spacial score (nSPS) is 7.83. The number of aliphatic hydroxyl groups excluding tert-OH is 1. The molecule has 0 aromatic carbocycles. The first-order chi connectivity index (χ1) is 2.77. The van der Waals surface area contributed by atoms with Gasteiger partial charge in [0.15, 0.2) is 0 Å². The maximum Gasteiger partial charge on any atom is 1.00 e. The van der Waals surface area contributed by atoms with Crippen molar-refractivity contribution in [2.45, 2.75) is 13.8 Å². The van der Waals surface area contributed by atoms with Crippen LogP contribution in [0.25, 0.3) is 0 Å². The molecular formula is C5H11O+. The molecule has 0 fully saturated rings. The van der Waals surface area contributed by atoms with Crippen molar-refractivity contribution in [3.05, 3.63) is 11.6 Å². The predicted molar refractivity (Wildman–Crippen MR) is 27.6 cm³/mol. The second kappa shape index (κ2) is 2.91. The lowest BCUT2D eigenvalue weighted by molar-refractivity contribution is 0.342. The van der Waals surface area contributed by atoms with E-state index in [-0.39, 0.29) is 8.03 Å². The summed E-state index contributed by atoms with van der Waals surface area (Å²) in [5.41, 5.74) is 1.16. The summed E-state index contributed by atoms with van der Waals surface area (Å²) >= 11 is 0. The summed E-state index contributed by atoms with van der Waals surface area (Å²) in [6, 6.07) is 0. The largest absolute Gasteiger partial charge is 1.00 e. The molecule has 1 nitrogen and oxygen atoms in total. The van der Waals surface area contributed by atoms with Crippen molar-refractivity contribution in [1.29, 1.82) is 0 Å². The van der Waals surface area contributed by atoms with E-state index in [0.29, 0.717) is 0 Å². The van der Waals surface area contributed by atoms with Gasteiger partial charge < -0.3 is 5.11 Å². The van der Waals surface area contributed by atoms with Gasteiger partial charge in [-0.2, -0.15) is 0 Å². The van der Waals surface area contributed by atoms with Crippen molar-refractivity contribution in [1.82, 2.24) is 0 Å². The first kappa shape index (κ1) is 5.70. The Morgan fingerprint density at radius 1 is 1.83 bits per heavy atom. The maximum atomic E-state index is 8.16. The minimum Gasteiger partial charge on any atom is -0.392 e. The number of rotatable bonds is 1. The molecular weight excluding hydrogens is 76.1 g/mol. The molecule has 1 N–H and O–H groups in total. The summed E-state index contributed by atoms with van der Waals surface area (Å²) in [6.07, 6.45) is 1.76. The standard InChI is InChI=1S/C5H10O/c1-5(2)3-4-6/h3,6H,4H2,1-2H3/p+1. The molecule has 0 spiro atoms. The van der Waals surface area contributed by atoms with Gasteiger partial charge in [-0.3, -0.25) is 0 Å². The molecule has 0 bridgehead atoms. The summed E-state index contributed by atoms with van der Waals surface area (Å²) in [4.78, 5) is 0. The molecule has 36 valence electrons. The minimum atomic E-state index is 0. The Morgan fingerprint density at radius 3 is 2.33 bits per heavy atom. The highest BCUT2D eigenvalue weighted by Crippen LogP contribution is 1.83. The lowest BCUT2D eigenvalue weighted by Crippen LogP contribution is -1.71. The van der Waals surface area contributed by atoms with Crippen LogP contribution in [0, 0.1) is 0 Å². The van der Waals surface area contributed by atoms with Gasteiger partial charge in [-0.1, -0.05) is 11.6 Å². The molecule has 0 rings (SSSR count). The average Bonchev–Trinajstić information content (AvgIpc) is 1.35. The second-order valence-electron chi connectivity index (χ2n) is 1.46. The van der Waals surface area contributed by atoms with Crippen LogP contribution in [0.5, 0.6) is 0 Å². The zero-order chi connectivity index (χ0) is 4.99. The zero-order valence-electron chi connectivity index (χ0n) is 5.23. The van der Waals surface area contributed by atoms with E-state index in [1.165, 1.54) is 0 Å². The van der Waals surface area contributed by atoms with Gasteiger partial charge in [0, 0.05) is 0 Å². The van der Waals surface area contributed by atoms with E-state index in [4.69, 9.17) is 5.11 Å². The second-order valence-corrected chi connectivity index (χ2v) is 1.46. The van der Waals surface area contributed by atoms with Crippen LogP contribution in [0.3, 0.4) is 0 Å². The fraction of sp³-hybridized carbons (Fsp3) is 0.600. The molecule has 0 saturated carbocycles. The Balaban J connectivity index is 0. The molecule has 0 aliphatic heterocycles. The van der Waals surface area contributed by atoms with Crippen molar-refractivity contribution in [3.8, 4) is 0 Å². The van der Waals surface area contributed by atoms with Gasteiger partial charge in [0.05, 0.1) is 6.61 Å². The van der Waals surface area contributed by atoms with E-state index in [9.17, 15) is 0 Å². The quantitative estimate of drug-likeness (QED) is 0.474. The van der Waals surface area contributed by atoms with Gasteiger partial charge in [0.2, 0.25) is 0 Å². The molecule has 1 heteroatoms. The highest BCUT2D eigenvalue weighted by Gasteiger charge is 1.68. The van der Waals surface area contributed by atoms with Crippen LogP contribution in [-0.2, 0) is 0 Å². The third-order valence-corrected chi connectivity index (χ3v) is 0.500. The summed E-state index contributed by atoms with van der Waals surface area (Å²) in [5, 5.41) is 8.16. The Hall–Kier alpha value is -0.300. The molecule has 0 saturated heterocycles. The first-order valence-electron chi connectivity index (χ1n) is 2.01. The molecule has 6 heavy (non-hydrogen) atoms. The molecule has 0 radical (unpaired) electrons. The van der Waals surface area contributed by atoms with Crippen LogP contribution in [0.4, 0.5) is 0 Å². The monoisotopic (exact) mass is 87.1 g/mol. The van der Waals surface area contributed by atoms with Crippen LogP contribution in [0.2, 0.25) is 0 Å². The lowest BCUT2D eigenvalue weighted by Gasteiger charge is -1.80. The third-order valence-electron chi connectivity index (χ3n) is 0.500. The molecule has 0 heterocycles. The number of hydrogen-bond acceptors (Lipinski definition) is 1. The average molecular weight is 87.1 g/mol. The zero-order valence-corrected chi connectivity index (χ0v) is 4.23. The van der Waals surface area contributed by atoms with E-state index in [1.54, 1.807) is 6.08 Å². The van der Waals surface area contributed by atoms with Crippen molar-refractivity contribution < 1.29 is 6.53 Å². The van der Waals surface area contributed by atoms with E-state index < -0.39 is 0 Å². The van der Waals surface area contributed by atoms with Crippen molar-refractivity contribution in [3.63, 3.8) is 0 Å². The molecule has 0 amide bonds. The smallest absolute Gasteiger partial charge is 0.392 e. The fourth-order valence-electron chi connectivity index (χ4n) is 0.183. The summed E-state index contributed by atoms with van der Waals surface area (Å²) in [6.45, 7) is 4.08.